The summed E-state index contributed by atoms with van der Waals surface area (Å²) in [6, 6.07) is 11.2. The number of ether oxygens (including phenoxy) is 2. The average Bonchev–Trinajstić information content (AvgIpc) is 2.59. The molecule has 0 heterocycles. The molecule has 1 amide bonds. The molecular weight excluding hydrogens is 529 g/mol. The summed E-state index contributed by atoms with van der Waals surface area (Å²) in [5.74, 6) is -0.657. The fraction of sp³-hybridized carbons (Fsp3) is 0.158. The number of aliphatic carboxylic acids is 1. The molecule has 0 saturated carbocycles. The highest BCUT2D eigenvalue weighted by molar-refractivity contribution is 14.1. The number of carboxylic acids is 1. The average molecular weight is 546 g/mol. The lowest BCUT2D eigenvalue weighted by Gasteiger charge is -2.14. The van der Waals surface area contributed by atoms with Gasteiger partial charge in [-0.25, -0.2) is 4.79 Å². The van der Waals surface area contributed by atoms with E-state index in [0.717, 1.165) is 13.6 Å². The Morgan fingerprint density at radius 3 is 2.63 bits per heavy atom. The van der Waals surface area contributed by atoms with Crippen LogP contribution in [0.2, 0.25) is 0 Å². The molecule has 2 N–H and O–H groups in total. The van der Waals surface area contributed by atoms with Gasteiger partial charge in [-0.1, -0.05) is 28.1 Å². The highest BCUT2D eigenvalue weighted by Crippen LogP contribution is 2.35. The minimum Gasteiger partial charge on any atom is -0.493 e. The van der Waals surface area contributed by atoms with E-state index in [1.165, 1.54) is 20.1 Å². The van der Waals surface area contributed by atoms with Gasteiger partial charge in [0.25, 0.3) is 0 Å². The number of halogens is 2. The summed E-state index contributed by atoms with van der Waals surface area (Å²) in [5, 5.41) is 11.5. The molecule has 142 valence electrons. The molecule has 0 aromatic heterocycles. The Labute approximate surface area is 178 Å². The number of rotatable bonds is 7. The van der Waals surface area contributed by atoms with E-state index in [0.29, 0.717) is 23.7 Å². The van der Waals surface area contributed by atoms with Crippen molar-refractivity contribution < 1.29 is 24.2 Å². The lowest BCUT2D eigenvalue weighted by atomic mass is 10.1. The number of methoxy groups -OCH3 is 1. The predicted molar refractivity (Wildman–Crippen MR) is 114 cm³/mol. The zero-order chi connectivity index (χ0) is 20.0. The van der Waals surface area contributed by atoms with E-state index in [-0.39, 0.29) is 5.70 Å². The molecule has 8 heteroatoms. The Balaban J connectivity index is 2.30. The van der Waals surface area contributed by atoms with Crippen LogP contribution >= 0.6 is 38.5 Å². The Bertz CT molecular complexity index is 898. The van der Waals surface area contributed by atoms with Gasteiger partial charge in [-0.05, 0) is 64.1 Å². The van der Waals surface area contributed by atoms with Crippen LogP contribution < -0.4 is 14.8 Å². The molecule has 0 spiro atoms. The first-order valence-electron chi connectivity index (χ1n) is 7.77. The van der Waals surface area contributed by atoms with Gasteiger partial charge >= 0.3 is 5.97 Å². The molecule has 0 aliphatic rings. The molecule has 0 radical (unpaired) electrons. The van der Waals surface area contributed by atoms with Crippen molar-refractivity contribution >= 4 is 56.5 Å². The molecule has 0 atom stereocenters. The zero-order valence-corrected chi connectivity index (χ0v) is 18.3. The second-order valence-electron chi connectivity index (χ2n) is 5.50. The van der Waals surface area contributed by atoms with Crippen molar-refractivity contribution in [1.82, 2.24) is 5.32 Å². The van der Waals surface area contributed by atoms with Crippen LogP contribution in [0, 0.1) is 3.57 Å². The number of carboxylic acid groups (broad SMARTS) is 1. The van der Waals surface area contributed by atoms with Crippen molar-refractivity contribution in [1.29, 1.82) is 0 Å². The second kappa shape index (κ2) is 9.75. The van der Waals surface area contributed by atoms with E-state index in [9.17, 15) is 14.7 Å². The summed E-state index contributed by atoms with van der Waals surface area (Å²) >= 11 is 5.52. The summed E-state index contributed by atoms with van der Waals surface area (Å²) < 4.78 is 13.0. The maximum absolute atomic E-state index is 11.3. The van der Waals surface area contributed by atoms with E-state index >= 15 is 0 Å². The van der Waals surface area contributed by atoms with Crippen LogP contribution in [-0.2, 0) is 16.2 Å². The van der Waals surface area contributed by atoms with E-state index in [1.807, 2.05) is 24.3 Å². The first-order valence-corrected chi connectivity index (χ1v) is 9.64. The van der Waals surface area contributed by atoms with Gasteiger partial charge in [0.15, 0.2) is 11.5 Å². The number of carbonyl (C=O) groups excluding carboxylic acids is 1. The van der Waals surface area contributed by atoms with Crippen molar-refractivity contribution in [2.45, 2.75) is 13.5 Å². The third-order valence-electron chi connectivity index (χ3n) is 3.38. The van der Waals surface area contributed by atoms with Gasteiger partial charge in [0.05, 0.1) is 10.7 Å². The van der Waals surface area contributed by atoms with Gasteiger partial charge < -0.3 is 19.9 Å². The number of benzene rings is 2. The van der Waals surface area contributed by atoms with Crippen molar-refractivity contribution in [2.75, 3.05) is 7.11 Å². The first-order chi connectivity index (χ1) is 12.8. The predicted octanol–water partition coefficient (Wildman–Crippen LogP) is 4.20. The van der Waals surface area contributed by atoms with Crippen molar-refractivity contribution in [2.24, 2.45) is 0 Å². The first kappa shape index (κ1) is 21.2. The molecule has 2 rings (SSSR count). The van der Waals surface area contributed by atoms with Crippen LogP contribution in [0.1, 0.15) is 18.1 Å². The van der Waals surface area contributed by atoms with Crippen LogP contribution in [-0.4, -0.2) is 24.1 Å². The summed E-state index contributed by atoms with van der Waals surface area (Å²) in [6.07, 6.45) is 1.37. The largest absolute Gasteiger partial charge is 0.493 e. The highest BCUT2D eigenvalue weighted by Gasteiger charge is 2.14. The SMILES string of the molecule is COc1cc(/C=C(/NC(C)=O)C(=O)O)cc(I)c1OCc1cccc(Br)c1. The maximum atomic E-state index is 11.3. The lowest BCUT2D eigenvalue weighted by Crippen LogP contribution is -2.24. The number of hydrogen-bond donors (Lipinski definition) is 2. The van der Waals surface area contributed by atoms with Crippen LogP contribution in [0.4, 0.5) is 0 Å². The zero-order valence-electron chi connectivity index (χ0n) is 14.6. The number of carbonyl (C=O) groups is 2. The molecule has 2 aromatic carbocycles. The Hall–Kier alpha value is -2.07. The molecule has 27 heavy (non-hydrogen) atoms. The number of amides is 1. The van der Waals surface area contributed by atoms with Gasteiger partial charge in [0.1, 0.15) is 12.3 Å². The molecule has 0 unspecified atom stereocenters. The molecule has 2 aromatic rings. The molecule has 0 fully saturated rings. The third-order valence-corrected chi connectivity index (χ3v) is 4.67. The van der Waals surface area contributed by atoms with Crippen LogP contribution in [0.15, 0.2) is 46.6 Å². The smallest absolute Gasteiger partial charge is 0.352 e. The Morgan fingerprint density at radius 1 is 1.30 bits per heavy atom. The summed E-state index contributed by atoms with van der Waals surface area (Å²) in [6.45, 7) is 1.60. The van der Waals surface area contributed by atoms with E-state index in [1.54, 1.807) is 12.1 Å². The maximum Gasteiger partial charge on any atom is 0.352 e. The number of nitrogens with one attached hydrogen (secondary N) is 1. The summed E-state index contributed by atoms with van der Waals surface area (Å²) in [7, 11) is 1.51. The topological polar surface area (TPSA) is 84.9 Å². The summed E-state index contributed by atoms with van der Waals surface area (Å²) in [5.41, 5.74) is 1.34. The Kier molecular flexibility index (Phi) is 7.66. The van der Waals surface area contributed by atoms with Crippen LogP contribution in [0.3, 0.4) is 0 Å². The molecule has 0 saturated heterocycles. The van der Waals surface area contributed by atoms with E-state index < -0.39 is 11.9 Å². The third kappa shape index (κ3) is 6.24. The van der Waals surface area contributed by atoms with E-state index in [2.05, 4.69) is 43.8 Å². The van der Waals surface area contributed by atoms with Crippen LogP contribution in [0.5, 0.6) is 11.5 Å². The standard InChI is InChI=1S/C19H17BrINO5/c1-11(23)22-16(19(24)25)8-13-7-15(21)18(17(9-13)26-2)27-10-12-4-3-5-14(20)6-12/h3-9H,10H2,1-2H3,(H,22,23)(H,24,25)/b16-8+. The normalized spacial score (nSPS) is 11.0. The quantitative estimate of drug-likeness (QED) is 0.402. The second-order valence-corrected chi connectivity index (χ2v) is 7.57. The van der Waals surface area contributed by atoms with Gasteiger partial charge in [-0.2, -0.15) is 0 Å². The highest BCUT2D eigenvalue weighted by atomic mass is 127. The lowest BCUT2D eigenvalue weighted by molar-refractivity contribution is -0.134. The Morgan fingerprint density at radius 2 is 2.04 bits per heavy atom. The fourth-order valence-corrected chi connectivity index (χ4v) is 3.48. The summed E-state index contributed by atoms with van der Waals surface area (Å²) in [4.78, 5) is 22.5. The number of hydrogen-bond acceptors (Lipinski definition) is 4. The molecule has 6 nitrogen and oxygen atoms in total. The van der Waals surface area contributed by atoms with Crippen molar-refractivity contribution in [3.63, 3.8) is 0 Å². The van der Waals surface area contributed by atoms with Crippen LogP contribution in [0.25, 0.3) is 6.08 Å². The molecular formula is C19H17BrINO5. The van der Waals surface area contributed by atoms with Crippen molar-refractivity contribution in [3.05, 3.63) is 61.3 Å². The van der Waals surface area contributed by atoms with Gasteiger partial charge in [-0.15, -0.1) is 0 Å². The van der Waals surface area contributed by atoms with Gasteiger partial charge in [0, 0.05) is 11.4 Å². The minimum absolute atomic E-state index is 0.219. The minimum atomic E-state index is -1.23. The fourth-order valence-electron chi connectivity index (χ4n) is 2.25. The molecule has 0 aliphatic carbocycles. The molecule has 0 bridgehead atoms. The van der Waals surface area contributed by atoms with Gasteiger partial charge in [-0.3, -0.25) is 4.79 Å². The van der Waals surface area contributed by atoms with E-state index in [4.69, 9.17) is 9.47 Å². The van der Waals surface area contributed by atoms with Crippen molar-refractivity contribution in [3.8, 4) is 11.5 Å². The molecule has 0 aliphatic heterocycles. The monoisotopic (exact) mass is 545 g/mol. The van der Waals surface area contributed by atoms with Gasteiger partial charge in [0.2, 0.25) is 5.91 Å².